The van der Waals surface area contributed by atoms with Crippen LogP contribution < -0.4 is 11.5 Å². The molecule has 598 valence electrons. The molecule has 14 rings (SSSR count). The zero-order valence-electron chi connectivity index (χ0n) is 62.8. The van der Waals surface area contributed by atoms with Crippen molar-refractivity contribution in [3.8, 4) is 34.3 Å². The van der Waals surface area contributed by atoms with Crippen molar-refractivity contribution in [1.82, 2.24) is 54.1 Å². The molecular weight excluding hydrogens is 1540 g/mol. The second-order valence-electron chi connectivity index (χ2n) is 31.6. The molecule has 4 N–H and O–H groups in total. The second-order valence-corrected chi connectivity index (χ2v) is 32.5. The van der Waals surface area contributed by atoms with Crippen LogP contribution in [-0.4, -0.2) is 115 Å². The number of nitrogens with two attached hydrogens (primary N) is 2. The highest BCUT2D eigenvalue weighted by Crippen LogP contribution is 2.61. The van der Waals surface area contributed by atoms with Gasteiger partial charge in [0.2, 0.25) is 0 Å². The molecule has 2 amide bonds. The number of alkyl halides is 10. The molecule has 3 fully saturated rings. The molecule has 5 aromatic carbocycles. The van der Waals surface area contributed by atoms with Crippen LogP contribution in [0.1, 0.15) is 189 Å². The Bertz CT molecular complexity index is 5290. The number of ether oxygens (including phenoxy) is 2. The number of halogens is 12. The van der Waals surface area contributed by atoms with E-state index in [-0.39, 0.29) is 88.9 Å². The fourth-order valence-corrected chi connectivity index (χ4v) is 15.5. The van der Waals surface area contributed by atoms with E-state index in [1.807, 2.05) is 77.1 Å². The van der Waals surface area contributed by atoms with Crippen LogP contribution in [0.25, 0.3) is 33.4 Å². The van der Waals surface area contributed by atoms with Gasteiger partial charge in [0.05, 0.1) is 58.1 Å². The standard InChI is InChI=1S/C43H40ClF4N7O3.C38H39ClF6N8O3/c1-40(2,3)24-43(29-13-17-32-27(20-29)11-15-30(52-32)14-10-26-8-6-5-7-9-26)38(57)54(39(49)53-43)34(23-58-35(56)22-42(18-19-42)41(4,47)48)28-12-16-31(44)33(21-28)55-37(36(45)46)50-25-51-55;1-35(2,24-9-10-24)19-38(25-7-4-21(5-8-25)23-16-48-51(17-23)33(42)43)32(55)52(34(46)50-38)28(18-56-29(54)15-37(12-13-37)36(3,44)45)22-6-11-26(39)27(14-22)53-31(30(40)41)47-20-49-53/h5-9,11-13,15-17,20-21,25,34,36H,18-19,22-24H2,1-4H3,(H2,49,53);4-8,11,14,16-17,20,24,28,30,33H,9-10,12-13,15,18-19H2,1-3H3,(H2,46,50)/t34-,43-;28-,38-/m11/s1. The van der Waals surface area contributed by atoms with Crippen molar-refractivity contribution in [3.05, 3.63) is 202 Å². The molecule has 21 nitrogen and oxygen atoms in total. The van der Waals surface area contributed by atoms with Crippen LogP contribution in [-0.2, 0) is 39.7 Å². The number of carbonyl (C=O) groups excluding carboxylic acids is 4. The third-order valence-corrected chi connectivity index (χ3v) is 22.5. The summed E-state index contributed by atoms with van der Waals surface area (Å²) in [5.41, 5.74) is 10.6. The zero-order valence-corrected chi connectivity index (χ0v) is 64.3. The van der Waals surface area contributed by atoms with Gasteiger partial charge in [0, 0.05) is 33.5 Å². The first-order chi connectivity index (χ1) is 53.7. The monoisotopic (exact) mass is 1620 g/mol. The molecule has 0 saturated heterocycles. The zero-order chi connectivity index (χ0) is 82.0. The molecule has 4 aromatic heterocycles. The van der Waals surface area contributed by atoms with Crippen molar-refractivity contribution < 1.29 is 72.6 Å². The first-order valence-corrected chi connectivity index (χ1v) is 37.3. The van der Waals surface area contributed by atoms with E-state index in [0.29, 0.717) is 43.5 Å². The van der Waals surface area contributed by atoms with E-state index in [4.69, 9.17) is 59.1 Å². The number of amides is 2. The summed E-state index contributed by atoms with van der Waals surface area (Å²) in [6.45, 7) is 7.53. The highest BCUT2D eigenvalue weighted by Gasteiger charge is 2.62. The average Bonchev–Trinajstić information content (AvgIpc) is 1.57. The molecular formula is C81H79Cl2F10N15O6. The van der Waals surface area contributed by atoms with Crippen LogP contribution in [0.2, 0.25) is 10.0 Å². The lowest BCUT2D eigenvalue weighted by Gasteiger charge is -2.36. The molecule has 3 aliphatic carbocycles. The highest BCUT2D eigenvalue weighted by molar-refractivity contribution is 6.32. The summed E-state index contributed by atoms with van der Waals surface area (Å²) < 4.78 is 154. The van der Waals surface area contributed by atoms with Gasteiger partial charge in [-0.2, -0.15) is 24.1 Å². The van der Waals surface area contributed by atoms with E-state index in [1.165, 1.54) is 58.6 Å². The molecule has 0 radical (unpaired) electrons. The first-order valence-electron chi connectivity index (χ1n) is 36.6. The van der Waals surface area contributed by atoms with Crippen molar-refractivity contribution in [2.24, 2.45) is 49.0 Å². The molecule has 33 heteroatoms. The third kappa shape index (κ3) is 16.5. The van der Waals surface area contributed by atoms with Crippen molar-refractivity contribution in [1.29, 1.82) is 0 Å². The van der Waals surface area contributed by atoms with Gasteiger partial charge in [-0.25, -0.2) is 74.1 Å². The topological polar surface area (TPSA) is 262 Å². The summed E-state index contributed by atoms with van der Waals surface area (Å²) in [5.74, 6) is -4.56. The number of guanidine groups is 2. The van der Waals surface area contributed by atoms with Crippen LogP contribution in [0, 0.1) is 39.4 Å². The van der Waals surface area contributed by atoms with Gasteiger partial charge in [0.15, 0.2) is 34.6 Å². The van der Waals surface area contributed by atoms with Gasteiger partial charge in [-0.1, -0.05) is 124 Å². The number of pyridine rings is 1. The largest absolute Gasteiger partial charge is 0.463 e. The Labute approximate surface area is 658 Å². The number of nitrogens with zero attached hydrogens (tertiary/aromatic N) is 13. The van der Waals surface area contributed by atoms with Crippen LogP contribution in [0.4, 0.5) is 43.9 Å². The van der Waals surface area contributed by atoms with E-state index in [2.05, 4.69) is 37.1 Å². The molecule has 0 unspecified atom stereocenters. The number of aromatic nitrogens is 9. The number of hydrogen-bond acceptors (Lipinski definition) is 16. The molecule has 114 heavy (non-hydrogen) atoms. The minimum absolute atomic E-state index is 0.00354. The highest BCUT2D eigenvalue weighted by atomic mass is 35.5. The fraction of sp³-hybridized carbons (Fsp3) is 0.407. The molecule has 2 aliphatic heterocycles. The van der Waals surface area contributed by atoms with E-state index in [9.17, 15) is 53.5 Å². The predicted octanol–water partition coefficient (Wildman–Crippen LogP) is 17.1. The molecule has 6 heterocycles. The number of carbonyl (C=O) groups is 4. The van der Waals surface area contributed by atoms with Crippen LogP contribution >= 0.6 is 23.2 Å². The van der Waals surface area contributed by atoms with E-state index < -0.39 is 138 Å². The number of rotatable bonds is 26. The van der Waals surface area contributed by atoms with E-state index in [0.717, 1.165) is 54.3 Å². The molecule has 0 bridgehead atoms. The Balaban J connectivity index is 0.000000199. The van der Waals surface area contributed by atoms with E-state index >= 15 is 9.59 Å². The lowest BCUT2D eigenvalue weighted by Crippen LogP contribution is -2.48. The molecule has 4 atom stereocenters. The van der Waals surface area contributed by atoms with Gasteiger partial charge in [0.25, 0.3) is 36.5 Å². The smallest absolute Gasteiger partial charge is 0.333 e. The maximum atomic E-state index is 15.2. The molecule has 0 spiro atoms. The Morgan fingerprint density at radius 3 is 1.53 bits per heavy atom. The van der Waals surface area contributed by atoms with Gasteiger partial charge in [0.1, 0.15) is 31.6 Å². The summed E-state index contributed by atoms with van der Waals surface area (Å²) in [6, 6.07) is 31.4. The van der Waals surface area contributed by atoms with Crippen molar-refractivity contribution in [3.63, 3.8) is 0 Å². The first kappa shape index (κ1) is 81.3. The Morgan fingerprint density at radius 1 is 0.588 bits per heavy atom. The summed E-state index contributed by atoms with van der Waals surface area (Å²) >= 11 is 13.0. The van der Waals surface area contributed by atoms with Crippen LogP contribution in [0.3, 0.4) is 0 Å². The lowest BCUT2D eigenvalue weighted by atomic mass is 9.72. The summed E-state index contributed by atoms with van der Waals surface area (Å²) in [5, 5.41) is 12.3. The summed E-state index contributed by atoms with van der Waals surface area (Å²) in [7, 11) is 0. The molecule has 5 aliphatic rings. The predicted molar refractivity (Wildman–Crippen MR) is 402 cm³/mol. The lowest BCUT2D eigenvalue weighted by molar-refractivity contribution is -0.153. The fourth-order valence-electron chi connectivity index (χ4n) is 15.1. The number of hydrogen-bond donors (Lipinski definition) is 2. The van der Waals surface area contributed by atoms with Gasteiger partial charge >= 0.3 is 18.5 Å². The number of fused-ring (bicyclic) bond motifs is 1. The summed E-state index contributed by atoms with van der Waals surface area (Å²) in [6.07, 6.45) is 0.125. The van der Waals surface area contributed by atoms with Gasteiger partial charge < -0.3 is 20.9 Å². The quantitative estimate of drug-likeness (QED) is 0.0290. The van der Waals surface area contributed by atoms with Gasteiger partial charge in [-0.05, 0) is 176 Å². The third-order valence-electron chi connectivity index (χ3n) is 21.9. The Kier molecular flexibility index (Phi) is 22.0. The number of aliphatic imine (C=N–C) groups is 2. The second kappa shape index (κ2) is 30.9. The van der Waals surface area contributed by atoms with Gasteiger partial charge in [-0.15, -0.1) is 0 Å². The van der Waals surface area contributed by atoms with Crippen molar-refractivity contribution in [2.75, 3.05) is 13.2 Å². The average molecular weight is 1620 g/mol. The number of esters is 2. The Hall–Kier alpha value is -10.7. The van der Waals surface area contributed by atoms with Crippen molar-refractivity contribution >= 4 is 69.8 Å². The maximum Gasteiger partial charge on any atom is 0.333 e. The normalized spacial score (nSPS) is 19.2. The van der Waals surface area contributed by atoms with Crippen molar-refractivity contribution in [2.45, 2.75) is 167 Å². The maximum absolute atomic E-state index is 15.2. The van der Waals surface area contributed by atoms with Crippen LogP contribution in [0.5, 0.6) is 0 Å². The molecule has 9 aromatic rings. The van der Waals surface area contributed by atoms with E-state index in [1.54, 1.807) is 42.5 Å². The summed E-state index contributed by atoms with van der Waals surface area (Å²) in [4.78, 5) is 80.9. The number of benzene rings is 5. The minimum Gasteiger partial charge on any atom is -0.463 e. The Morgan fingerprint density at radius 2 is 1.08 bits per heavy atom. The molecule has 3 saturated carbocycles. The van der Waals surface area contributed by atoms with Gasteiger partial charge in [-0.3, -0.25) is 29.0 Å². The SMILES string of the molecule is CC(C)(C)C[C@]1(c2ccc3nc(C#Cc4ccccc4)ccc3c2)N=C(N)N([C@H](COC(=O)CC2(C(C)(F)F)CC2)c2ccc(Cl)c(-n3ncnc3C(F)F)c2)C1=O.CC(C)(C[C@]1(c2ccc(-c3cnn(C(F)F)c3)cc2)N=C(N)N([C@H](COC(=O)CC2(C(C)(F)F)CC2)c2ccc(Cl)c(-n3ncnc3C(F)F)c2)C1=O)C1CC1. The minimum atomic E-state index is -3.13. The van der Waals surface area contributed by atoms with Crippen LogP contribution in [0.15, 0.2) is 156 Å².